The van der Waals surface area contributed by atoms with E-state index in [2.05, 4.69) is 27.2 Å². The Hall–Kier alpha value is -0.770. The standard InChI is InChI=1S/C13H24N4/c1-16-9-7-14-13(16)15-10-12-4-2-3-8-17(12)11-5-6-11/h11-12H,2-10H2,1H3,(H,14,15). The van der Waals surface area contributed by atoms with Gasteiger partial charge >= 0.3 is 0 Å². The average Bonchev–Trinajstić information content (AvgIpc) is 3.11. The fraction of sp³-hybridized carbons (Fsp3) is 0.923. The molecule has 0 spiro atoms. The number of rotatable bonds is 3. The van der Waals surface area contributed by atoms with Gasteiger partial charge in [-0.1, -0.05) is 6.42 Å². The van der Waals surface area contributed by atoms with Crippen LogP contribution >= 0.6 is 0 Å². The van der Waals surface area contributed by atoms with Crippen LogP contribution in [0.4, 0.5) is 0 Å². The van der Waals surface area contributed by atoms with Gasteiger partial charge in [0.2, 0.25) is 0 Å². The van der Waals surface area contributed by atoms with Crippen molar-refractivity contribution in [2.75, 3.05) is 33.2 Å². The molecular weight excluding hydrogens is 212 g/mol. The minimum Gasteiger partial charge on any atom is -0.355 e. The molecule has 0 aromatic rings. The Morgan fingerprint density at radius 1 is 1.24 bits per heavy atom. The van der Waals surface area contributed by atoms with Crippen LogP contribution in [0, 0.1) is 0 Å². The lowest BCUT2D eigenvalue weighted by molar-refractivity contribution is 0.140. The van der Waals surface area contributed by atoms with E-state index in [0.29, 0.717) is 0 Å². The highest BCUT2D eigenvalue weighted by Gasteiger charge is 2.35. The van der Waals surface area contributed by atoms with Crippen LogP contribution < -0.4 is 5.32 Å². The van der Waals surface area contributed by atoms with Gasteiger partial charge in [0.1, 0.15) is 0 Å². The van der Waals surface area contributed by atoms with Crippen LogP contribution in [0.25, 0.3) is 0 Å². The summed E-state index contributed by atoms with van der Waals surface area (Å²) < 4.78 is 0. The normalized spacial score (nSPS) is 30.5. The van der Waals surface area contributed by atoms with Crippen LogP contribution in [0.15, 0.2) is 4.99 Å². The first kappa shape index (κ1) is 11.3. The summed E-state index contributed by atoms with van der Waals surface area (Å²) in [5.74, 6) is 1.10. The van der Waals surface area contributed by atoms with Crippen LogP contribution in [0.3, 0.4) is 0 Å². The van der Waals surface area contributed by atoms with Crippen molar-refractivity contribution in [3.8, 4) is 0 Å². The number of hydrogen-bond acceptors (Lipinski definition) is 4. The van der Waals surface area contributed by atoms with Gasteiger partial charge in [0.15, 0.2) is 5.96 Å². The molecule has 0 aromatic heterocycles. The van der Waals surface area contributed by atoms with Crippen molar-refractivity contribution in [3.63, 3.8) is 0 Å². The van der Waals surface area contributed by atoms with Gasteiger partial charge in [-0.25, -0.2) is 0 Å². The first-order valence-corrected chi connectivity index (χ1v) is 7.10. The summed E-state index contributed by atoms with van der Waals surface area (Å²) in [5, 5.41) is 3.55. The van der Waals surface area contributed by atoms with Gasteiger partial charge in [-0.2, -0.15) is 0 Å². The number of likely N-dealkylation sites (tertiary alicyclic amines) is 1. The Balaban J connectivity index is 1.52. The van der Waals surface area contributed by atoms with Crippen molar-refractivity contribution in [1.29, 1.82) is 0 Å². The van der Waals surface area contributed by atoms with Crippen LogP contribution in [-0.2, 0) is 0 Å². The van der Waals surface area contributed by atoms with Crippen molar-refractivity contribution in [2.45, 2.75) is 44.2 Å². The van der Waals surface area contributed by atoms with E-state index < -0.39 is 0 Å². The third kappa shape index (κ3) is 2.57. The van der Waals surface area contributed by atoms with Gasteiger partial charge in [0, 0.05) is 32.2 Å². The van der Waals surface area contributed by atoms with Gasteiger partial charge in [0.25, 0.3) is 0 Å². The molecule has 1 atom stereocenters. The molecule has 1 aliphatic carbocycles. The van der Waals surface area contributed by atoms with Crippen LogP contribution in [0.2, 0.25) is 0 Å². The fourth-order valence-corrected chi connectivity index (χ4v) is 3.06. The van der Waals surface area contributed by atoms with Crippen LogP contribution in [0.1, 0.15) is 32.1 Å². The summed E-state index contributed by atoms with van der Waals surface area (Å²) in [7, 11) is 2.12. The lowest BCUT2D eigenvalue weighted by Gasteiger charge is -2.36. The van der Waals surface area contributed by atoms with E-state index in [1.165, 1.54) is 38.6 Å². The largest absolute Gasteiger partial charge is 0.355 e. The zero-order chi connectivity index (χ0) is 11.7. The minimum absolute atomic E-state index is 0.743. The topological polar surface area (TPSA) is 30.9 Å². The molecular formula is C13H24N4. The Labute approximate surface area is 104 Å². The Morgan fingerprint density at radius 2 is 2.12 bits per heavy atom. The quantitative estimate of drug-likeness (QED) is 0.789. The minimum atomic E-state index is 0.743. The first-order chi connectivity index (χ1) is 8.34. The van der Waals surface area contributed by atoms with Gasteiger partial charge in [-0.15, -0.1) is 0 Å². The number of hydrogen-bond donors (Lipinski definition) is 1. The van der Waals surface area contributed by atoms with Gasteiger partial charge in [-0.05, 0) is 32.2 Å². The molecule has 2 aliphatic heterocycles. The summed E-state index contributed by atoms with van der Waals surface area (Å²) in [6.07, 6.45) is 7.01. The van der Waals surface area contributed by atoms with Crippen molar-refractivity contribution in [3.05, 3.63) is 0 Å². The maximum Gasteiger partial charge on any atom is 0.193 e. The highest BCUT2D eigenvalue weighted by molar-refractivity contribution is 5.81. The molecule has 1 N–H and O–H groups in total. The smallest absolute Gasteiger partial charge is 0.193 e. The second kappa shape index (κ2) is 4.84. The molecule has 0 bridgehead atoms. The molecule has 3 rings (SSSR count). The van der Waals surface area contributed by atoms with E-state index in [4.69, 9.17) is 0 Å². The zero-order valence-corrected chi connectivity index (χ0v) is 10.9. The van der Waals surface area contributed by atoms with E-state index >= 15 is 0 Å². The second-order valence-corrected chi connectivity index (χ2v) is 5.63. The van der Waals surface area contributed by atoms with Crippen molar-refractivity contribution < 1.29 is 0 Å². The second-order valence-electron chi connectivity index (χ2n) is 5.63. The molecule has 1 saturated carbocycles. The van der Waals surface area contributed by atoms with E-state index in [1.807, 2.05) is 0 Å². The molecule has 2 heterocycles. The molecule has 0 aromatic carbocycles. The Bertz CT molecular complexity index is 298. The molecule has 1 saturated heterocycles. The molecule has 3 aliphatic rings. The predicted molar refractivity (Wildman–Crippen MR) is 70.3 cm³/mol. The molecule has 0 amide bonds. The number of likely N-dealkylation sites (N-methyl/N-ethyl adjacent to an activating group) is 1. The van der Waals surface area contributed by atoms with Gasteiger partial charge in [0.05, 0.1) is 6.54 Å². The SMILES string of the molecule is CN1CCN=C1NCC1CCCCN1C1CC1. The van der Waals surface area contributed by atoms with Gasteiger partial charge < -0.3 is 10.2 Å². The molecule has 4 nitrogen and oxygen atoms in total. The number of nitrogens with one attached hydrogen (secondary N) is 1. The number of aliphatic imine (C=N–C) groups is 1. The van der Waals surface area contributed by atoms with Gasteiger partial charge in [-0.3, -0.25) is 9.89 Å². The van der Waals surface area contributed by atoms with E-state index in [-0.39, 0.29) is 0 Å². The monoisotopic (exact) mass is 236 g/mol. The number of piperidine rings is 1. The fourth-order valence-electron chi connectivity index (χ4n) is 3.06. The Morgan fingerprint density at radius 3 is 2.82 bits per heavy atom. The summed E-state index contributed by atoms with van der Waals surface area (Å²) >= 11 is 0. The highest BCUT2D eigenvalue weighted by atomic mass is 15.3. The van der Waals surface area contributed by atoms with Crippen molar-refractivity contribution >= 4 is 5.96 Å². The summed E-state index contributed by atoms with van der Waals surface area (Å²) in [4.78, 5) is 9.47. The number of nitrogens with zero attached hydrogens (tertiary/aromatic N) is 3. The maximum absolute atomic E-state index is 4.50. The molecule has 96 valence electrons. The average molecular weight is 236 g/mol. The third-order valence-corrected chi connectivity index (χ3v) is 4.24. The third-order valence-electron chi connectivity index (χ3n) is 4.24. The molecule has 4 heteroatoms. The molecule has 1 unspecified atom stereocenters. The van der Waals surface area contributed by atoms with Crippen LogP contribution in [-0.4, -0.2) is 61.1 Å². The summed E-state index contributed by atoms with van der Waals surface area (Å²) in [6.45, 7) is 4.42. The maximum atomic E-state index is 4.50. The van der Waals surface area contributed by atoms with E-state index in [9.17, 15) is 0 Å². The summed E-state index contributed by atoms with van der Waals surface area (Å²) in [6, 6.07) is 1.65. The van der Waals surface area contributed by atoms with E-state index in [0.717, 1.165) is 37.7 Å². The highest BCUT2D eigenvalue weighted by Crippen LogP contribution is 2.32. The molecule has 17 heavy (non-hydrogen) atoms. The number of guanidine groups is 1. The lowest BCUT2D eigenvalue weighted by atomic mass is 10.0. The Kier molecular flexibility index (Phi) is 3.23. The first-order valence-electron chi connectivity index (χ1n) is 7.10. The van der Waals surface area contributed by atoms with E-state index in [1.54, 1.807) is 0 Å². The molecule has 0 radical (unpaired) electrons. The van der Waals surface area contributed by atoms with Crippen LogP contribution in [0.5, 0.6) is 0 Å². The lowest BCUT2D eigenvalue weighted by Crippen LogP contribution is -2.49. The predicted octanol–water partition coefficient (Wildman–Crippen LogP) is 0.894. The zero-order valence-electron chi connectivity index (χ0n) is 10.9. The van der Waals surface area contributed by atoms with Crippen molar-refractivity contribution in [1.82, 2.24) is 15.1 Å². The molecule has 2 fully saturated rings. The summed E-state index contributed by atoms with van der Waals surface area (Å²) in [5.41, 5.74) is 0. The van der Waals surface area contributed by atoms with Crippen molar-refractivity contribution in [2.24, 2.45) is 4.99 Å².